The summed E-state index contributed by atoms with van der Waals surface area (Å²) in [5, 5.41) is 2.20. The van der Waals surface area contributed by atoms with Crippen molar-refractivity contribution in [3.8, 4) is 0 Å². The molecule has 0 bridgehead atoms. The number of anilines is 1. The highest BCUT2D eigenvalue weighted by Crippen LogP contribution is 2.28. The van der Waals surface area contributed by atoms with E-state index in [1.807, 2.05) is 23.1 Å². The molecule has 2 aromatic heterocycles. The maximum atomic E-state index is 12.5. The molecule has 3 aromatic rings. The van der Waals surface area contributed by atoms with E-state index in [4.69, 9.17) is 23.2 Å². The lowest BCUT2D eigenvalue weighted by Gasteiger charge is -2.34. The zero-order valence-electron chi connectivity index (χ0n) is 14.6. The van der Waals surface area contributed by atoms with Gasteiger partial charge in [0.1, 0.15) is 10.3 Å². The Balaban J connectivity index is 1.32. The van der Waals surface area contributed by atoms with E-state index in [9.17, 15) is 4.79 Å². The Morgan fingerprint density at radius 3 is 2.70 bits per heavy atom. The van der Waals surface area contributed by atoms with Gasteiger partial charge in [-0.15, -0.1) is 0 Å². The lowest BCUT2D eigenvalue weighted by Crippen LogP contribution is -2.48. The molecule has 0 N–H and O–H groups in total. The molecular weight excluding hydrogens is 403 g/mol. The SMILES string of the molecule is O=C(CCc1ccc(Cl)cc1Cl)N1CCN(c2nc3cccnc3s2)CC1. The Labute approximate surface area is 171 Å². The molecule has 1 amide bonds. The van der Waals surface area contributed by atoms with E-state index in [1.54, 1.807) is 29.7 Å². The monoisotopic (exact) mass is 420 g/mol. The van der Waals surface area contributed by atoms with Crippen LogP contribution in [0.3, 0.4) is 0 Å². The van der Waals surface area contributed by atoms with Crippen molar-refractivity contribution in [1.82, 2.24) is 14.9 Å². The van der Waals surface area contributed by atoms with Crippen LogP contribution < -0.4 is 4.90 Å². The Morgan fingerprint density at radius 2 is 1.96 bits per heavy atom. The summed E-state index contributed by atoms with van der Waals surface area (Å²) < 4.78 is 0. The smallest absolute Gasteiger partial charge is 0.223 e. The van der Waals surface area contributed by atoms with Crippen molar-refractivity contribution in [3.05, 3.63) is 52.1 Å². The molecule has 1 aromatic carbocycles. The van der Waals surface area contributed by atoms with E-state index >= 15 is 0 Å². The minimum atomic E-state index is 0.159. The minimum Gasteiger partial charge on any atom is -0.344 e. The Hall–Kier alpha value is -1.89. The number of pyridine rings is 1. The summed E-state index contributed by atoms with van der Waals surface area (Å²) in [6, 6.07) is 9.28. The van der Waals surface area contributed by atoms with E-state index in [2.05, 4.69) is 14.9 Å². The fourth-order valence-corrected chi connectivity index (χ4v) is 4.63. The van der Waals surface area contributed by atoms with Crippen LogP contribution in [0.5, 0.6) is 0 Å². The second-order valence-electron chi connectivity index (χ2n) is 6.43. The maximum absolute atomic E-state index is 12.5. The maximum Gasteiger partial charge on any atom is 0.223 e. The zero-order valence-corrected chi connectivity index (χ0v) is 16.9. The number of carbonyl (C=O) groups excluding carboxylic acids is 1. The molecule has 5 nitrogen and oxygen atoms in total. The number of aromatic nitrogens is 2. The third-order valence-corrected chi connectivity index (χ3v) is 6.31. The number of hydrogen-bond acceptors (Lipinski definition) is 5. The van der Waals surface area contributed by atoms with Crippen LogP contribution in [0.15, 0.2) is 36.5 Å². The molecule has 1 aliphatic heterocycles. The number of amides is 1. The summed E-state index contributed by atoms with van der Waals surface area (Å²) in [6.07, 6.45) is 2.86. The van der Waals surface area contributed by atoms with Gasteiger partial charge in [0.2, 0.25) is 5.91 Å². The van der Waals surface area contributed by atoms with Gasteiger partial charge >= 0.3 is 0 Å². The van der Waals surface area contributed by atoms with Gasteiger partial charge in [-0.3, -0.25) is 4.79 Å². The first kappa shape index (κ1) is 18.5. The van der Waals surface area contributed by atoms with Gasteiger partial charge in [-0.1, -0.05) is 40.6 Å². The Bertz CT molecular complexity index is 936. The molecule has 8 heteroatoms. The largest absolute Gasteiger partial charge is 0.344 e. The second kappa shape index (κ2) is 8.00. The van der Waals surface area contributed by atoms with Crippen LogP contribution in [0, 0.1) is 0 Å². The van der Waals surface area contributed by atoms with Crippen molar-refractivity contribution in [2.24, 2.45) is 0 Å². The molecule has 0 spiro atoms. The van der Waals surface area contributed by atoms with E-state index in [0.717, 1.165) is 34.1 Å². The zero-order chi connectivity index (χ0) is 18.8. The van der Waals surface area contributed by atoms with Crippen LogP contribution in [-0.2, 0) is 11.2 Å². The van der Waals surface area contributed by atoms with Gasteiger partial charge < -0.3 is 9.80 Å². The van der Waals surface area contributed by atoms with Crippen LogP contribution >= 0.6 is 34.5 Å². The average Bonchev–Trinajstić information content (AvgIpc) is 3.11. The van der Waals surface area contributed by atoms with E-state index in [-0.39, 0.29) is 5.91 Å². The Kier molecular flexibility index (Phi) is 5.48. The molecule has 0 aliphatic carbocycles. The fourth-order valence-electron chi connectivity index (χ4n) is 3.16. The van der Waals surface area contributed by atoms with Gasteiger partial charge in [0.15, 0.2) is 5.13 Å². The van der Waals surface area contributed by atoms with Crippen molar-refractivity contribution in [1.29, 1.82) is 0 Å². The van der Waals surface area contributed by atoms with Crippen molar-refractivity contribution in [3.63, 3.8) is 0 Å². The summed E-state index contributed by atoms with van der Waals surface area (Å²) >= 11 is 13.7. The lowest BCUT2D eigenvalue weighted by atomic mass is 10.1. The number of rotatable bonds is 4. The first-order chi connectivity index (χ1) is 13.1. The van der Waals surface area contributed by atoms with Crippen molar-refractivity contribution >= 4 is 55.9 Å². The average molecular weight is 421 g/mol. The first-order valence-electron chi connectivity index (χ1n) is 8.78. The first-order valence-corrected chi connectivity index (χ1v) is 10.4. The summed E-state index contributed by atoms with van der Waals surface area (Å²) in [5.41, 5.74) is 1.88. The van der Waals surface area contributed by atoms with E-state index in [1.165, 1.54) is 0 Å². The molecule has 0 unspecified atom stereocenters. The summed E-state index contributed by atoms with van der Waals surface area (Å²) in [7, 11) is 0. The molecule has 3 heterocycles. The molecule has 0 atom stereocenters. The quantitative estimate of drug-likeness (QED) is 0.631. The van der Waals surface area contributed by atoms with Gasteiger partial charge in [0, 0.05) is 48.8 Å². The van der Waals surface area contributed by atoms with Gasteiger partial charge in [0.05, 0.1) is 0 Å². The summed E-state index contributed by atoms with van der Waals surface area (Å²) in [5.74, 6) is 0.159. The Morgan fingerprint density at radius 1 is 1.15 bits per heavy atom. The number of fused-ring (bicyclic) bond motifs is 1. The number of nitrogens with zero attached hydrogens (tertiary/aromatic N) is 4. The van der Waals surface area contributed by atoms with Crippen molar-refractivity contribution in [2.75, 3.05) is 31.1 Å². The van der Waals surface area contributed by atoms with Gasteiger partial charge in [-0.05, 0) is 36.2 Å². The third kappa shape index (κ3) is 4.18. The third-order valence-electron chi connectivity index (χ3n) is 4.68. The molecule has 1 aliphatic rings. The van der Waals surface area contributed by atoms with Crippen molar-refractivity contribution < 1.29 is 4.79 Å². The number of hydrogen-bond donors (Lipinski definition) is 0. The molecular formula is C19H18Cl2N4OS. The van der Waals surface area contributed by atoms with Gasteiger partial charge in [-0.25, -0.2) is 9.97 Å². The van der Waals surface area contributed by atoms with E-state index < -0.39 is 0 Å². The van der Waals surface area contributed by atoms with Gasteiger partial charge in [0.25, 0.3) is 0 Å². The second-order valence-corrected chi connectivity index (χ2v) is 8.23. The van der Waals surface area contributed by atoms with E-state index in [0.29, 0.717) is 36.0 Å². The normalized spacial score (nSPS) is 14.7. The number of piperazine rings is 1. The predicted octanol–water partition coefficient (Wildman–Crippen LogP) is 4.28. The molecule has 27 heavy (non-hydrogen) atoms. The summed E-state index contributed by atoms with van der Waals surface area (Å²) in [6.45, 7) is 2.98. The standard InChI is InChI=1S/C19H18Cl2N4OS/c20-14-5-3-13(15(21)12-14)4-6-17(26)24-8-10-25(11-9-24)19-23-16-2-1-7-22-18(16)27-19/h1-3,5,7,12H,4,6,8-11H2. The predicted molar refractivity (Wildman–Crippen MR) is 111 cm³/mol. The molecule has 140 valence electrons. The molecule has 1 fully saturated rings. The number of thiazole rings is 1. The topological polar surface area (TPSA) is 49.3 Å². The minimum absolute atomic E-state index is 0.159. The van der Waals surface area contributed by atoms with Gasteiger partial charge in [-0.2, -0.15) is 0 Å². The van der Waals surface area contributed by atoms with Crippen LogP contribution in [0.4, 0.5) is 5.13 Å². The highest BCUT2D eigenvalue weighted by molar-refractivity contribution is 7.21. The molecule has 1 saturated heterocycles. The van der Waals surface area contributed by atoms with Crippen molar-refractivity contribution in [2.45, 2.75) is 12.8 Å². The number of halogens is 2. The number of aryl methyl sites for hydroxylation is 1. The summed E-state index contributed by atoms with van der Waals surface area (Å²) in [4.78, 5) is 26.7. The van der Waals surface area contributed by atoms with Crippen LogP contribution in [-0.4, -0.2) is 47.0 Å². The lowest BCUT2D eigenvalue weighted by molar-refractivity contribution is -0.131. The molecule has 0 radical (unpaired) electrons. The molecule has 4 rings (SSSR count). The number of benzene rings is 1. The highest BCUT2D eigenvalue weighted by Gasteiger charge is 2.23. The van der Waals surface area contributed by atoms with Crippen LogP contribution in [0.25, 0.3) is 10.3 Å². The number of carbonyl (C=O) groups is 1. The highest BCUT2D eigenvalue weighted by atomic mass is 35.5. The fraction of sp³-hybridized carbons (Fsp3) is 0.316. The van der Waals surface area contributed by atoms with Crippen LogP contribution in [0.2, 0.25) is 10.0 Å². The van der Waals surface area contributed by atoms with Crippen LogP contribution in [0.1, 0.15) is 12.0 Å². The molecule has 0 saturated carbocycles.